The molecule has 0 saturated heterocycles. The monoisotopic (exact) mass is 219 g/mol. The second-order valence-corrected chi connectivity index (χ2v) is 5.31. The molecule has 1 rings (SSSR count). The Bertz CT molecular complexity index is 353. The van der Waals surface area contributed by atoms with Gasteiger partial charge in [0, 0.05) is 6.04 Å². The maximum Gasteiger partial charge on any atom is 0.00650 e. The maximum absolute atomic E-state index is 6.08. The van der Waals surface area contributed by atoms with E-state index in [9.17, 15) is 0 Å². The van der Waals surface area contributed by atoms with Crippen LogP contribution >= 0.6 is 0 Å². The summed E-state index contributed by atoms with van der Waals surface area (Å²) in [6, 6.07) is 4.92. The van der Waals surface area contributed by atoms with Crippen LogP contribution in [-0.2, 0) is 6.42 Å². The number of rotatable bonds is 4. The van der Waals surface area contributed by atoms with E-state index in [-0.39, 0.29) is 0 Å². The van der Waals surface area contributed by atoms with E-state index in [0.29, 0.717) is 12.0 Å². The first-order chi connectivity index (χ1) is 7.41. The fourth-order valence-electron chi connectivity index (χ4n) is 1.95. The number of hydrogen-bond donors (Lipinski definition) is 1. The smallest absolute Gasteiger partial charge is 0.00650 e. The lowest BCUT2D eigenvalue weighted by atomic mass is 9.93. The highest BCUT2D eigenvalue weighted by Crippen LogP contribution is 2.18. The number of hydrogen-bond acceptors (Lipinski definition) is 1. The summed E-state index contributed by atoms with van der Waals surface area (Å²) in [6.07, 6.45) is 2.19. The zero-order chi connectivity index (χ0) is 12.3. The van der Waals surface area contributed by atoms with Crippen molar-refractivity contribution >= 4 is 0 Å². The average molecular weight is 219 g/mol. The van der Waals surface area contributed by atoms with Crippen molar-refractivity contribution in [3.8, 4) is 0 Å². The summed E-state index contributed by atoms with van der Waals surface area (Å²) in [7, 11) is 0. The summed E-state index contributed by atoms with van der Waals surface area (Å²) in [6.45, 7) is 10.9. The number of benzene rings is 1. The van der Waals surface area contributed by atoms with E-state index in [2.05, 4.69) is 46.8 Å². The van der Waals surface area contributed by atoms with Gasteiger partial charge in [-0.3, -0.25) is 0 Å². The van der Waals surface area contributed by atoms with Crippen LogP contribution in [0.4, 0.5) is 0 Å². The average Bonchev–Trinajstić information content (AvgIpc) is 2.20. The Balaban J connectivity index is 2.71. The van der Waals surface area contributed by atoms with Crippen molar-refractivity contribution in [3.05, 3.63) is 34.4 Å². The van der Waals surface area contributed by atoms with Gasteiger partial charge in [-0.1, -0.05) is 26.0 Å². The first-order valence-corrected chi connectivity index (χ1v) is 6.24. The minimum Gasteiger partial charge on any atom is -0.327 e. The van der Waals surface area contributed by atoms with Gasteiger partial charge in [0.05, 0.1) is 0 Å². The molecule has 16 heavy (non-hydrogen) atoms. The minimum absolute atomic E-state index is 0.320. The van der Waals surface area contributed by atoms with Crippen molar-refractivity contribution in [2.24, 2.45) is 11.7 Å². The lowest BCUT2D eigenvalue weighted by molar-refractivity contribution is 0.464. The molecule has 0 aliphatic rings. The summed E-state index contributed by atoms with van der Waals surface area (Å²) in [5.41, 5.74) is 11.7. The molecular formula is C15H25N. The fraction of sp³-hybridized carbons (Fsp3) is 0.600. The summed E-state index contributed by atoms with van der Waals surface area (Å²) < 4.78 is 0. The Morgan fingerprint density at radius 2 is 1.56 bits per heavy atom. The molecule has 1 heteroatoms. The molecule has 0 saturated carbocycles. The molecule has 1 aromatic rings. The quantitative estimate of drug-likeness (QED) is 0.823. The van der Waals surface area contributed by atoms with Gasteiger partial charge in [-0.25, -0.2) is 0 Å². The first-order valence-electron chi connectivity index (χ1n) is 6.24. The second kappa shape index (κ2) is 5.49. The SMILES string of the molecule is Cc1cc(C)c(CCC(N)C(C)C)cc1C. The zero-order valence-electron chi connectivity index (χ0n) is 11.3. The van der Waals surface area contributed by atoms with Crippen molar-refractivity contribution in [2.75, 3.05) is 0 Å². The van der Waals surface area contributed by atoms with Gasteiger partial charge in [-0.05, 0) is 61.8 Å². The van der Waals surface area contributed by atoms with E-state index in [1.165, 1.54) is 22.3 Å². The van der Waals surface area contributed by atoms with Gasteiger partial charge in [-0.2, -0.15) is 0 Å². The molecule has 1 nitrogen and oxygen atoms in total. The van der Waals surface area contributed by atoms with Crippen LogP contribution in [0.5, 0.6) is 0 Å². The van der Waals surface area contributed by atoms with E-state index in [1.807, 2.05) is 0 Å². The second-order valence-electron chi connectivity index (χ2n) is 5.31. The Hall–Kier alpha value is -0.820. The van der Waals surface area contributed by atoms with Crippen LogP contribution in [-0.4, -0.2) is 6.04 Å². The lowest BCUT2D eigenvalue weighted by Crippen LogP contribution is -2.26. The Kier molecular flexibility index (Phi) is 4.55. The molecular weight excluding hydrogens is 194 g/mol. The summed E-state index contributed by atoms with van der Waals surface area (Å²) in [4.78, 5) is 0. The molecule has 2 N–H and O–H groups in total. The topological polar surface area (TPSA) is 26.0 Å². The number of aryl methyl sites for hydroxylation is 4. The van der Waals surface area contributed by atoms with Crippen molar-refractivity contribution in [3.63, 3.8) is 0 Å². The summed E-state index contributed by atoms with van der Waals surface area (Å²) in [5, 5.41) is 0. The molecule has 0 aliphatic heterocycles. The van der Waals surface area contributed by atoms with Gasteiger partial charge in [-0.15, -0.1) is 0 Å². The molecule has 0 spiro atoms. The van der Waals surface area contributed by atoms with Crippen LogP contribution in [0.25, 0.3) is 0 Å². The third-order valence-electron chi connectivity index (χ3n) is 3.56. The van der Waals surface area contributed by atoms with Crippen molar-refractivity contribution in [1.29, 1.82) is 0 Å². The maximum atomic E-state index is 6.08. The third-order valence-corrected chi connectivity index (χ3v) is 3.56. The predicted molar refractivity (Wildman–Crippen MR) is 71.8 cm³/mol. The highest BCUT2D eigenvalue weighted by molar-refractivity contribution is 5.36. The van der Waals surface area contributed by atoms with Crippen molar-refractivity contribution in [1.82, 2.24) is 0 Å². The molecule has 90 valence electrons. The molecule has 1 unspecified atom stereocenters. The van der Waals surface area contributed by atoms with Gasteiger partial charge in [0.25, 0.3) is 0 Å². The Labute approximate surface area is 100 Å². The van der Waals surface area contributed by atoms with Crippen LogP contribution in [0.15, 0.2) is 12.1 Å². The van der Waals surface area contributed by atoms with Crippen LogP contribution in [0.3, 0.4) is 0 Å². The molecule has 1 atom stereocenters. The predicted octanol–water partition coefficient (Wildman–Crippen LogP) is 3.53. The normalized spacial score (nSPS) is 13.2. The van der Waals surface area contributed by atoms with Gasteiger partial charge >= 0.3 is 0 Å². The molecule has 0 amide bonds. The fourth-order valence-corrected chi connectivity index (χ4v) is 1.95. The van der Waals surface area contributed by atoms with Crippen LogP contribution in [0, 0.1) is 26.7 Å². The molecule has 0 aliphatic carbocycles. The molecule has 0 radical (unpaired) electrons. The van der Waals surface area contributed by atoms with E-state index in [0.717, 1.165) is 12.8 Å². The standard InChI is InChI=1S/C15H25N/c1-10(2)15(16)7-6-14-9-12(4)11(3)8-13(14)5/h8-10,15H,6-7,16H2,1-5H3. The largest absolute Gasteiger partial charge is 0.327 e. The van der Waals surface area contributed by atoms with E-state index in [1.54, 1.807) is 0 Å². The molecule has 0 aromatic heterocycles. The van der Waals surface area contributed by atoms with Crippen LogP contribution in [0.2, 0.25) is 0 Å². The Morgan fingerprint density at radius 3 is 2.12 bits per heavy atom. The Morgan fingerprint density at radius 1 is 1.00 bits per heavy atom. The van der Waals surface area contributed by atoms with E-state index < -0.39 is 0 Å². The van der Waals surface area contributed by atoms with Crippen LogP contribution < -0.4 is 5.73 Å². The van der Waals surface area contributed by atoms with Crippen LogP contribution in [0.1, 0.15) is 42.5 Å². The van der Waals surface area contributed by atoms with Gasteiger partial charge in [0.1, 0.15) is 0 Å². The van der Waals surface area contributed by atoms with Crippen molar-refractivity contribution < 1.29 is 0 Å². The zero-order valence-corrected chi connectivity index (χ0v) is 11.3. The van der Waals surface area contributed by atoms with Gasteiger partial charge in [0.15, 0.2) is 0 Å². The highest BCUT2D eigenvalue weighted by Gasteiger charge is 2.09. The van der Waals surface area contributed by atoms with Gasteiger partial charge in [0.2, 0.25) is 0 Å². The minimum atomic E-state index is 0.320. The lowest BCUT2D eigenvalue weighted by Gasteiger charge is -2.16. The summed E-state index contributed by atoms with van der Waals surface area (Å²) >= 11 is 0. The molecule has 0 bridgehead atoms. The van der Waals surface area contributed by atoms with E-state index in [4.69, 9.17) is 5.73 Å². The number of nitrogens with two attached hydrogens (primary N) is 1. The molecule has 0 fully saturated rings. The van der Waals surface area contributed by atoms with Crippen molar-refractivity contribution in [2.45, 2.75) is 53.5 Å². The van der Waals surface area contributed by atoms with Gasteiger partial charge < -0.3 is 5.73 Å². The first kappa shape index (κ1) is 13.2. The molecule has 1 aromatic carbocycles. The summed E-state index contributed by atoms with van der Waals surface area (Å²) in [5.74, 6) is 0.576. The third kappa shape index (κ3) is 3.34. The molecule has 0 heterocycles. The van der Waals surface area contributed by atoms with E-state index >= 15 is 0 Å². The highest BCUT2D eigenvalue weighted by atomic mass is 14.6.